The molecule has 1 aliphatic carbocycles. The van der Waals surface area contributed by atoms with E-state index < -0.39 is 10.2 Å². The molecule has 0 aliphatic heterocycles. The Balaban J connectivity index is 2.43. The minimum atomic E-state index is -3.51. The molecule has 1 aliphatic rings. The molecule has 0 radical (unpaired) electrons. The van der Waals surface area contributed by atoms with Crippen molar-refractivity contribution < 1.29 is 8.42 Å². The molecule has 0 heterocycles. The van der Waals surface area contributed by atoms with E-state index in [-0.39, 0.29) is 6.04 Å². The molecule has 1 saturated carbocycles. The van der Waals surface area contributed by atoms with Crippen LogP contribution < -0.4 is 9.86 Å². The highest BCUT2D eigenvalue weighted by Gasteiger charge is 2.18. The summed E-state index contributed by atoms with van der Waals surface area (Å²) in [5.74, 6) is 0.715. The van der Waals surface area contributed by atoms with Crippen molar-refractivity contribution in [3.63, 3.8) is 0 Å². The molecule has 2 atom stereocenters. The van der Waals surface area contributed by atoms with Gasteiger partial charge in [-0.3, -0.25) is 0 Å². The summed E-state index contributed by atoms with van der Waals surface area (Å²) in [6.45, 7) is 2.21. The van der Waals surface area contributed by atoms with E-state index in [0.29, 0.717) is 5.92 Å². The molecule has 0 amide bonds. The predicted octanol–water partition coefficient (Wildman–Crippen LogP) is 0.748. The molecule has 78 valence electrons. The largest absolute Gasteiger partial charge is 0.274 e. The second-order valence-electron chi connectivity index (χ2n) is 3.97. The van der Waals surface area contributed by atoms with Crippen LogP contribution >= 0.6 is 0 Å². The maximum atomic E-state index is 10.8. The zero-order chi connectivity index (χ0) is 9.90. The third kappa shape index (κ3) is 4.59. The molecule has 0 aromatic heterocycles. The smallest absolute Gasteiger partial charge is 0.216 e. The number of hydrogen-bond acceptors (Lipinski definition) is 2. The molecule has 3 N–H and O–H groups in total. The molecule has 1 fully saturated rings. The first-order chi connectivity index (χ1) is 5.97. The Bertz CT molecular complexity index is 251. The monoisotopic (exact) mass is 206 g/mol. The minimum absolute atomic E-state index is 0.0555. The molecule has 13 heavy (non-hydrogen) atoms. The van der Waals surface area contributed by atoms with Crippen molar-refractivity contribution >= 4 is 10.2 Å². The molecule has 0 aromatic rings. The van der Waals surface area contributed by atoms with E-state index in [1.165, 1.54) is 6.42 Å². The normalized spacial score (nSPS) is 31.2. The number of hydrogen-bond donors (Lipinski definition) is 2. The van der Waals surface area contributed by atoms with Gasteiger partial charge in [-0.15, -0.1) is 0 Å². The van der Waals surface area contributed by atoms with Crippen LogP contribution in [-0.4, -0.2) is 14.5 Å². The van der Waals surface area contributed by atoms with Gasteiger partial charge in [0.25, 0.3) is 10.2 Å². The van der Waals surface area contributed by atoms with Crippen LogP contribution in [0.1, 0.15) is 39.0 Å². The van der Waals surface area contributed by atoms with Crippen molar-refractivity contribution in [3.05, 3.63) is 0 Å². The van der Waals surface area contributed by atoms with Gasteiger partial charge >= 0.3 is 0 Å². The maximum Gasteiger partial charge on any atom is 0.274 e. The Labute approximate surface area is 80.1 Å². The van der Waals surface area contributed by atoms with Crippen molar-refractivity contribution in [2.75, 3.05) is 0 Å². The van der Waals surface area contributed by atoms with E-state index in [1.807, 2.05) is 0 Å². The van der Waals surface area contributed by atoms with Gasteiger partial charge in [0.1, 0.15) is 0 Å². The molecular weight excluding hydrogens is 188 g/mol. The van der Waals surface area contributed by atoms with Gasteiger partial charge in [-0.05, 0) is 25.2 Å². The lowest BCUT2D eigenvalue weighted by atomic mass is 10.0. The van der Waals surface area contributed by atoms with Crippen molar-refractivity contribution in [2.45, 2.75) is 45.1 Å². The van der Waals surface area contributed by atoms with Gasteiger partial charge in [-0.2, -0.15) is 13.1 Å². The second-order valence-corrected chi connectivity index (χ2v) is 5.30. The lowest BCUT2D eigenvalue weighted by Crippen LogP contribution is -2.39. The fourth-order valence-corrected chi connectivity index (χ4v) is 2.54. The topological polar surface area (TPSA) is 72.2 Å². The fourth-order valence-electron chi connectivity index (χ4n) is 1.84. The van der Waals surface area contributed by atoms with Crippen LogP contribution in [0.25, 0.3) is 0 Å². The second kappa shape index (κ2) is 4.39. The summed E-state index contributed by atoms with van der Waals surface area (Å²) in [5, 5.41) is 4.91. The Kier molecular flexibility index (Phi) is 3.70. The zero-order valence-electron chi connectivity index (χ0n) is 7.99. The molecule has 0 saturated heterocycles. The molecule has 0 bridgehead atoms. The Morgan fingerprint density at radius 3 is 2.54 bits per heavy atom. The summed E-state index contributed by atoms with van der Waals surface area (Å²) < 4.78 is 24.0. The highest BCUT2D eigenvalue weighted by molar-refractivity contribution is 7.87. The number of nitrogens with one attached hydrogen (secondary N) is 1. The molecule has 2 unspecified atom stereocenters. The Hall–Kier alpha value is -0.130. The van der Waals surface area contributed by atoms with Gasteiger partial charge in [-0.1, -0.05) is 19.8 Å². The first-order valence-corrected chi connectivity index (χ1v) is 6.32. The molecule has 5 heteroatoms. The average molecular weight is 206 g/mol. The van der Waals surface area contributed by atoms with Crippen LogP contribution in [0.15, 0.2) is 0 Å². The number of rotatable bonds is 2. The molecule has 0 aromatic carbocycles. The predicted molar refractivity (Wildman–Crippen MR) is 52.3 cm³/mol. The van der Waals surface area contributed by atoms with E-state index >= 15 is 0 Å². The van der Waals surface area contributed by atoms with Gasteiger partial charge < -0.3 is 0 Å². The highest BCUT2D eigenvalue weighted by Crippen LogP contribution is 2.22. The highest BCUT2D eigenvalue weighted by atomic mass is 32.2. The first kappa shape index (κ1) is 10.9. The van der Waals surface area contributed by atoms with Crippen molar-refractivity contribution in [3.8, 4) is 0 Å². The third-order valence-corrected chi connectivity index (χ3v) is 3.25. The fraction of sp³-hybridized carbons (Fsp3) is 1.00. The average Bonchev–Trinajstić information content (AvgIpc) is 2.12. The van der Waals surface area contributed by atoms with Crippen molar-refractivity contribution in [1.29, 1.82) is 0 Å². The van der Waals surface area contributed by atoms with Gasteiger partial charge in [0.15, 0.2) is 0 Å². The first-order valence-electron chi connectivity index (χ1n) is 4.77. The van der Waals surface area contributed by atoms with Crippen LogP contribution in [0, 0.1) is 5.92 Å². The van der Waals surface area contributed by atoms with E-state index in [1.54, 1.807) is 0 Å². The summed E-state index contributed by atoms with van der Waals surface area (Å²) in [7, 11) is -3.51. The van der Waals surface area contributed by atoms with Gasteiger partial charge in [-0.25, -0.2) is 5.14 Å². The van der Waals surface area contributed by atoms with Crippen LogP contribution in [0.2, 0.25) is 0 Å². The quantitative estimate of drug-likeness (QED) is 0.654. The Morgan fingerprint density at radius 1 is 1.23 bits per heavy atom. The van der Waals surface area contributed by atoms with E-state index in [2.05, 4.69) is 11.6 Å². The summed E-state index contributed by atoms with van der Waals surface area (Å²) in [4.78, 5) is 0. The molecular formula is C8H18N2O2S. The SMILES string of the molecule is CC1CCCC(NS(N)(=O)=O)CC1. The van der Waals surface area contributed by atoms with Crippen LogP contribution in [0.4, 0.5) is 0 Å². The van der Waals surface area contributed by atoms with Gasteiger partial charge in [0.05, 0.1) is 0 Å². The maximum absolute atomic E-state index is 10.8. The van der Waals surface area contributed by atoms with Crippen molar-refractivity contribution in [1.82, 2.24) is 4.72 Å². The molecule has 1 rings (SSSR count). The minimum Gasteiger partial charge on any atom is -0.216 e. The standard InChI is InChI=1S/C8H18N2O2S/c1-7-3-2-4-8(6-5-7)10-13(9,11)12/h7-8,10H,2-6H2,1H3,(H2,9,11,12). The summed E-state index contributed by atoms with van der Waals surface area (Å²) in [6.07, 6.45) is 5.21. The lowest BCUT2D eigenvalue weighted by molar-refractivity contribution is 0.485. The lowest BCUT2D eigenvalue weighted by Gasteiger charge is -2.13. The van der Waals surface area contributed by atoms with Crippen LogP contribution in [-0.2, 0) is 10.2 Å². The van der Waals surface area contributed by atoms with Gasteiger partial charge in [0, 0.05) is 6.04 Å². The summed E-state index contributed by atoms with van der Waals surface area (Å²) >= 11 is 0. The van der Waals surface area contributed by atoms with Crippen LogP contribution in [0.3, 0.4) is 0 Å². The van der Waals surface area contributed by atoms with Crippen molar-refractivity contribution in [2.24, 2.45) is 11.1 Å². The number of nitrogens with two attached hydrogens (primary N) is 1. The summed E-state index contributed by atoms with van der Waals surface area (Å²) in [6, 6.07) is 0.0555. The van der Waals surface area contributed by atoms with E-state index in [0.717, 1.165) is 25.7 Å². The zero-order valence-corrected chi connectivity index (χ0v) is 8.81. The Morgan fingerprint density at radius 2 is 1.92 bits per heavy atom. The van der Waals surface area contributed by atoms with Gasteiger partial charge in [0.2, 0.25) is 0 Å². The molecule has 0 spiro atoms. The third-order valence-electron chi connectivity index (χ3n) is 2.59. The summed E-state index contributed by atoms with van der Waals surface area (Å²) in [5.41, 5.74) is 0. The van der Waals surface area contributed by atoms with E-state index in [4.69, 9.17) is 5.14 Å². The van der Waals surface area contributed by atoms with E-state index in [9.17, 15) is 8.42 Å². The van der Waals surface area contributed by atoms with Crippen LogP contribution in [0.5, 0.6) is 0 Å². The molecule has 4 nitrogen and oxygen atoms in total.